The number of benzene rings is 1. The largest absolute Gasteiger partial charge is 0.491 e. The summed E-state index contributed by atoms with van der Waals surface area (Å²) in [6.45, 7) is 0. The Labute approximate surface area is 183 Å². The summed E-state index contributed by atoms with van der Waals surface area (Å²) in [4.78, 5) is 34.6. The van der Waals surface area contributed by atoms with Crippen LogP contribution in [0.25, 0.3) is 22.3 Å². The average molecular weight is 454 g/mol. The van der Waals surface area contributed by atoms with Crippen LogP contribution in [0.15, 0.2) is 55.2 Å². The fraction of sp³-hybridized carbons (Fsp3) is 0.143. The van der Waals surface area contributed by atoms with Gasteiger partial charge in [0.1, 0.15) is 12.0 Å². The molecule has 9 nitrogen and oxygen atoms in total. The van der Waals surface area contributed by atoms with Crippen LogP contribution < -0.4 is 0 Å². The molecule has 4 aromatic rings. The van der Waals surface area contributed by atoms with Gasteiger partial charge in [-0.2, -0.15) is 23.5 Å². The van der Waals surface area contributed by atoms with E-state index < -0.39 is 30.6 Å². The van der Waals surface area contributed by atoms with E-state index in [0.29, 0.717) is 22.5 Å². The molecule has 0 aliphatic heterocycles. The summed E-state index contributed by atoms with van der Waals surface area (Å²) in [5.74, 6) is -3.99. The number of rotatable bonds is 5. The maximum atomic E-state index is 12.5. The van der Waals surface area contributed by atoms with Gasteiger partial charge in [0, 0.05) is 23.3 Å². The molecule has 0 aliphatic carbocycles. The van der Waals surface area contributed by atoms with Gasteiger partial charge in [-0.1, -0.05) is 12.1 Å². The minimum absolute atomic E-state index is 0.273. The first-order valence-electron chi connectivity index (χ1n) is 9.41. The summed E-state index contributed by atoms with van der Waals surface area (Å²) in [6.07, 6.45) is 0.136. The average Bonchev–Trinajstić information content (AvgIpc) is 3.46. The summed E-state index contributed by atoms with van der Waals surface area (Å²) in [6, 6.07) is 8.93. The van der Waals surface area contributed by atoms with Crippen molar-refractivity contribution >= 4 is 23.0 Å². The fourth-order valence-electron chi connectivity index (χ4n) is 3.27. The van der Waals surface area contributed by atoms with E-state index in [9.17, 15) is 28.0 Å². The predicted octanol–water partition coefficient (Wildman–Crippen LogP) is 3.30. The fourth-order valence-corrected chi connectivity index (χ4v) is 3.27. The van der Waals surface area contributed by atoms with Crippen molar-refractivity contribution in [2.24, 2.45) is 0 Å². The zero-order chi connectivity index (χ0) is 23.6. The molecule has 0 saturated heterocycles. The second-order valence-corrected chi connectivity index (χ2v) is 6.89. The number of hydrogen-bond acceptors (Lipinski definition) is 7. The number of fused-ring (bicyclic) bond motifs is 1. The van der Waals surface area contributed by atoms with Gasteiger partial charge >= 0.3 is 18.1 Å². The van der Waals surface area contributed by atoms with Crippen LogP contribution in [0.2, 0.25) is 0 Å². The molecule has 0 radical (unpaired) electrons. The zero-order valence-corrected chi connectivity index (χ0v) is 16.6. The Bertz CT molecular complexity index is 1390. The van der Waals surface area contributed by atoms with Crippen LogP contribution >= 0.6 is 0 Å². The number of aromatic amines is 1. The number of hydrogen-bond donors (Lipinski definition) is 1. The molecule has 0 bridgehead atoms. The molecule has 1 N–H and O–H groups in total. The molecule has 0 fully saturated rings. The van der Waals surface area contributed by atoms with Gasteiger partial charge in [0.05, 0.1) is 36.0 Å². The minimum atomic E-state index is -5.31. The molecule has 166 valence electrons. The van der Waals surface area contributed by atoms with Crippen LogP contribution in [0.3, 0.4) is 0 Å². The van der Waals surface area contributed by atoms with Crippen molar-refractivity contribution in [3.05, 3.63) is 66.4 Å². The zero-order valence-electron chi connectivity index (χ0n) is 16.6. The molecule has 12 heteroatoms. The van der Waals surface area contributed by atoms with Crippen molar-refractivity contribution in [1.29, 1.82) is 5.26 Å². The molecule has 1 aromatic carbocycles. The highest BCUT2D eigenvalue weighted by molar-refractivity contribution is 5.90. The van der Waals surface area contributed by atoms with Crippen molar-refractivity contribution in [2.45, 2.75) is 18.6 Å². The summed E-state index contributed by atoms with van der Waals surface area (Å²) in [7, 11) is 0. The number of carbonyl (C=O) groups excluding carboxylic acids is 2. The van der Waals surface area contributed by atoms with Crippen LogP contribution in [-0.4, -0.2) is 42.8 Å². The molecule has 1 unspecified atom stereocenters. The van der Waals surface area contributed by atoms with Crippen LogP contribution in [0, 0.1) is 11.3 Å². The third-order valence-electron chi connectivity index (χ3n) is 4.75. The van der Waals surface area contributed by atoms with Crippen LogP contribution in [-0.2, 0) is 14.3 Å². The van der Waals surface area contributed by atoms with E-state index in [1.54, 1.807) is 30.6 Å². The molecule has 1 atom stereocenters. The van der Waals surface area contributed by atoms with Gasteiger partial charge in [0.25, 0.3) is 0 Å². The van der Waals surface area contributed by atoms with E-state index in [-0.39, 0.29) is 5.56 Å². The summed E-state index contributed by atoms with van der Waals surface area (Å²) >= 11 is 0. The summed E-state index contributed by atoms with van der Waals surface area (Å²) in [5, 5.41) is 14.1. The number of nitrogens with one attached hydrogen (secondary N) is 1. The Hall–Kier alpha value is -4.53. The van der Waals surface area contributed by atoms with Crippen molar-refractivity contribution in [3.63, 3.8) is 0 Å². The van der Waals surface area contributed by atoms with E-state index in [1.165, 1.54) is 29.3 Å². The first-order valence-corrected chi connectivity index (χ1v) is 9.41. The highest BCUT2D eigenvalue weighted by Crippen LogP contribution is 2.29. The van der Waals surface area contributed by atoms with Gasteiger partial charge in [-0.25, -0.2) is 14.8 Å². The van der Waals surface area contributed by atoms with E-state index in [1.807, 2.05) is 6.07 Å². The summed E-state index contributed by atoms with van der Waals surface area (Å²) in [5.41, 5.74) is 2.39. The van der Waals surface area contributed by atoms with Crippen molar-refractivity contribution in [2.75, 3.05) is 0 Å². The number of esters is 2. The highest BCUT2D eigenvalue weighted by atomic mass is 19.4. The molecule has 0 aliphatic rings. The molecular weight excluding hydrogens is 441 g/mol. The van der Waals surface area contributed by atoms with Crippen molar-refractivity contribution in [3.8, 4) is 17.3 Å². The van der Waals surface area contributed by atoms with E-state index in [4.69, 9.17) is 0 Å². The second kappa shape index (κ2) is 8.54. The third kappa shape index (κ3) is 4.57. The Kier molecular flexibility index (Phi) is 5.61. The van der Waals surface area contributed by atoms with Gasteiger partial charge < -0.3 is 9.72 Å². The Morgan fingerprint density at radius 2 is 2.06 bits per heavy atom. The van der Waals surface area contributed by atoms with Gasteiger partial charge in [0.15, 0.2) is 0 Å². The lowest BCUT2D eigenvalue weighted by Crippen LogP contribution is -2.29. The SMILES string of the molecule is N#Cc1cccc(C(CC(=O)OC(=O)C(F)(F)F)n2cc(-c3ncnc4[nH]ccc34)cn2)c1. The topological polar surface area (TPSA) is 127 Å². The maximum absolute atomic E-state index is 12.5. The number of carbonyl (C=O) groups is 2. The standard InChI is InChI=1S/C21H13F3N6O3/c22-21(23,24)20(32)33-17(31)7-16(13-3-1-2-12(6-13)8-25)30-10-14(9-29-30)18-15-4-5-26-19(15)28-11-27-18/h1-6,9-11,16H,7H2,(H,26,27,28). The highest BCUT2D eigenvalue weighted by Gasteiger charge is 2.42. The number of ether oxygens (including phenoxy) is 1. The quantitative estimate of drug-likeness (QED) is 0.362. The lowest BCUT2D eigenvalue weighted by atomic mass is 10.0. The number of nitrogens with zero attached hydrogens (tertiary/aromatic N) is 5. The van der Waals surface area contributed by atoms with Gasteiger partial charge in [-0.3, -0.25) is 9.48 Å². The van der Waals surface area contributed by atoms with E-state index in [2.05, 4.69) is 24.8 Å². The summed E-state index contributed by atoms with van der Waals surface area (Å²) < 4.78 is 42.8. The molecule has 3 heterocycles. The number of halogens is 3. The first kappa shape index (κ1) is 21.7. The second-order valence-electron chi connectivity index (χ2n) is 6.89. The van der Waals surface area contributed by atoms with Gasteiger partial charge in [-0.15, -0.1) is 0 Å². The number of H-pyrrole nitrogens is 1. The third-order valence-corrected chi connectivity index (χ3v) is 4.75. The van der Waals surface area contributed by atoms with Crippen LogP contribution in [0.1, 0.15) is 23.6 Å². The lowest BCUT2D eigenvalue weighted by Gasteiger charge is -2.17. The first-order chi connectivity index (χ1) is 15.8. The molecule has 0 spiro atoms. The number of aromatic nitrogens is 5. The maximum Gasteiger partial charge on any atom is 0.491 e. The predicted molar refractivity (Wildman–Crippen MR) is 106 cm³/mol. The van der Waals surface area contributed by atoms with E-state index in [0.717, 1.165) is 5.39 Å². The van der Waals surface area contributed by atoms with Crippen LogP contribution in [0.4, 0.5) is 13.2 Å². The van der Waals surface area contributed by atoms with Crippen molar-refractivity contribution in [1.82, 2.24) is 24.7 Å². The molecule has 0 amide bonds. The molecule has 33 heavy (non-hydrogen) atoms. The normalized spacial score (nSPS) is 12.3. The minimum Gasteiger partial charge on any atom is -0.386 e. The Morgan fingerprint density at radius 3 is 2.82 bits per heavy atom. The smallest absolute Gasteiger partial charge is 0.386 e. The van der Waals surface area contributed by atoms with E-state index >= 15 is 0 Å². The molecular formula is C21H13F3N6O3. The van der Waals surface area contributed by atoms with Gasteiger partial charge in [-0.05, 0) is 23.8 Å². The Morgan fingerprint density at radius 1 is 1.24 bits per heavy atom. The number of nitriles is 1. The Balaban J connectivity index is 1.69. The molecule has 4 rings (SSSR count). The van der Waals surface area contributed by atoms with Gasteiger partial charge in [0.2, 0.25) is 0 Å². The number of alkyl halides is 3. The lowest BCUT2D eigenvalue weighted by molar-refractivity contribution is -0.202. The molecule has 3 aromatic heterocycles. The monoisotopic (exact) mass is 454 g/mol. The molecule has 0 saturated carbocycles. The van der Waals surface area contributed by atoms with Crippen molar-refractivity contribution < 1.29 is 27.5 Å². The van der Waals surface area contributed by atoms with Crippen LogP contribution in [0.5, 0.6) is 0 Å².